The largest absolute Gasteiger partial charge is 0.323 e. The van der Waals surface area contributed by atoms with Gasteiger partial charge in [0.15, 0.2) is 0 Å². The third kappa shape index (κ3) is 2.07. The van der Waals surface area contributed by atoms with Gasteiger partial charge in [-0.2, -0.15) is 10.2 Å². The Kier molecular flexibility index (Phi) is 3.17. The Morgan fingerprint density at radius 2 is 1.50 bits per heavy atom. The van der Waals surface area contributed by atoms with Crippen molar-refractivity contribution in [1.29, 1.82) is 0 Å². The van der Waals surface area contributed by atoms with Gasteiger partial charge in [0.2, 0.25) is 0 Å². The van der Waals surface area contributed by atoms with Crippen LogP contribution in [0.15, 0.2) is 28.4 Å². The lowest BCUT2D eigenvalue weighted by Crippen LogP contribution is -2.07. The van der Waals surface area contributed by atoms with Gasteiger partial charge in [-0.3, -0.25) is 0 Å². The zero-order valence-electron chi connectivity index (χ0n) is 8.23. The van der Waals surface area contributed by atoms with E-state index in [2.05, 4.69) is 15.2 Å². The molecule has 0 aliphatic rings. The highest BCUT2D eigenvalue weighted by Gasteiger charge is 2.02. The van der Waals surface area contributed by atoms with E-state index in [1.165, 1.54) is 0 Å². The summed E-state index contributed by atoms with van der Waals surface area (Å²) in [7, 11) is 0. The lowest BCUT2D eigenvalue weighted by Gasteiger charge is -2.01. The summed E-state index contributed by atoms with van der Waals surface area (Å²) >= 11 is 0. The first kappa shape index (κ1) is 10.2. The second-order valence-corrected chi connectivity index (χ2v) is 2.84. The van der Waals surface area contributed by atoms with Crippen LogP contribution in [-0.4, -0.2) is 16.4 Å². The Balaban J connectivity index is 3.14. The molecule has 74 valence electrons. The van der Waals surface area contributed by atoms with E-state index in [9.17, 15) is 0 Å². The number of pyridine rings is 1. The van der Waals surface area contributed by atoms with Crippen LogP contribution in [0.2, 0.25) is 0 Å². The van der Waals surface area contributed by atoms with Crippen molar-refractivity contribution in [3.05, 3.63) is 29.6 Å². The highest BCUT2D eigenvalue weighted by molar-refractivity contribution is 6.00. The number of hydrazone groups is 2. The summed E-state index contributed by atoms with van der Waals surface area (Å²) in [6, 6.07) is 5.53. The molecule has 0 atom stereocenters. The van der Waals surface area contributed by atoms with E-state index in [-0.39, 0.29) is 0 Å². The van der Waals surface area contributed by atoms with Crippen molar-refractivity contribution in [3.8, 4) is 0 Å². The maximum Gasteiger partial charge on any atom is 0.0867 e. The molecule has 0 aliphatic carbocycles. The molecule has 4 N–H and O–H groups in total. The minimum Gasteiger partial charge on any atom is -0.323 e. The number of rotatable bonds is 2. The fourth-order valence-electron chi connectivity index (χ4n) is 0.970. The summed E-state index contributed by atoms with van der Waals surface area (Å²) in [5.41, 5.74) is 2.81. The molecule has 1 heterocycles. The normalized spacial score (nSPS) is 13.0. The average molecular weight is 191 g/mol. The fraction of sp³-hybridized carbons (Fsp3) is 0.222. The monoisotopic (exact) mass is 191 g/mol. The quantitative estimate of drug-likeness (QED) is 0.404. The molecule has 0 fully saturated rings. The van der Waals surface area contributed by atoms with Gasteiger partial charge in [-0.15, -0.1) is 0 Å². The standard InChI is InChI=1S/C9H13N5/c1-6(13-10)8-4-3-5-9(12-8)7(2)14-11/h3-5H,10-11H2,1-2H3. The first-order valence-corrected chi connectivity index (χ1v) is 4.15. The molecule has 0 bridgehead atoms. The summed E-state index contributed by atoms with van der Waals surface area (Å²) < 4.78 is 0. The summed E-state index contributed by atoms with van der Waals surface area (Å²) in [4.78, 5) is 4.29. The van der Waals surface area contributed by atoms with Crippen LogP contribution in [0, 0.1) is 0 Å². The minimum absolute atomic E-state index is 0.677. The summed E-state index contributed by atoms with van der Waals surface area (Å²) in [5.74, 6) is 10.3. The second-order valence-electron chi connectivity index (χ2n) is 2.84. The Morgan fingerprint density at radius 1 is 1.07 bits per heavy atom. The van der Waals surface area contributed by atoms with Crippen molar-refractivity contribution >= 4 is 11.4 Å². The van der Waals surface area contributed by atoms with Gasteiger partial charge >= 0.3 is 0 Å². The van der Waals surface area contributed by atoms with Crippen molar-refractivity contribution in [2.24, 2.45) is 21.9 Å². The molecule has 0 radical (unpaired) electrons. The van der Waals surface area contributed by atoms with Crippen LogP contribution in [0.4, 0.5) is 0 Å². The fourth-order valence-corrected chi connectivity index (χ4v) is 0.970. The van der Waals surface area contributed by atoms with Crippen LogP contribution in [0.5, 0.6) is 0 Å². The number of hydrogen-bond donors (Lipinski definition) is 2. The molecule has 0 spiro atoms. The van der Waals surface area contributed by atoms with Crippen molar-refractivity contribution in [2.75, 3.05) is 0 Å². The molecule has 1 rings (SSSR count). The highest BCUT2D eigenvalue weighted by atomic mass is 15.1. The maximum atomic E-state index is 5.16. The average Bonchev–Trinajstić information content (AvgIpc) is 2.27. The topological polar surface area (TPSA) is 89.6 Å². The lowest BCUT2D eigenvalue weighted by atomic mass is 10.2. The third-order valence-electron chi connectivity index (χ3n) is 1.88. The van der Waals surface area contributed by atoms with Crippen LogP contribution in [-0.2, 0) is 0 Å². The predicted octanol–water partition coefficient (Wildman–Crippen LogP) is 0.447. The Bertz CT molecular complexity index is 347. The van der Waals surface area contributed by atoms with Crippen LogP contribution >= 0.6 is 0 Å². The highest BCUT2D eigenvalue weighted by Crippen LogP contribution is 2.01. The molecule has 0 saturated heterocycles. The van der Waals surface area contributed by atoms with Gasteiger partial charge in [-0.05, 0) is 26.0 Å². The van der Waals surface area contributed by atoms with E-state index in [1.54, 1.807) is 13.8 Å². The number of nitrogens with two attached hydrogens (primary N) is 2. The Morgan fingerprint density at radius 3 is 1.86 bits per heavy atom. The van der Waals surface area contributed by atoms with Gasteiger partial charge in [0, 0.05) is 0 Å². The van der Waals surface area contributed by atoms with E-state index in [4.69, 9.17) is 11.7 Å². The summed E-state index contributed by atoms with van der Waals surface area (Å²) in [6.07, 6.45) is 0. The van der Waals surface area contributed by atoms with Gasteiger partial charge in [0.1, 0.15) is 0 Å². The second kappa shape index (κ2) is 4.36. The molecule has 0 aliphatic heterocycles. The maximum absolute atomic E-state index is 5.16. The van der Waals surface area contributed by atoms with E-state index < -0.39 is 0 Å². The van der Waals surface area contributed by atoms with E-state index in [1.807, 2.05) is 18.2 Å². The molecule has 14 heavy (non-hydrogen) atoms. The van der Waals surface area contributed by atoms with Gasteiger partial charge in [0.25, 0.3) is 0 Å². The van der Waals surface area contributed by atoms with Crippen molar-refractivity contribution < 1.29 is 0 Å². The van der Waals surface area contributed by atoms with Gasteiger partial charge < -0.3 is 11.7 Å². The van der Waals surface area contributed by atoms with Gasteiger partial charge in [-0.1, -0.05) is 6.07 Å². The van der Waals surface area contributed by atoms with Crippen molar-refractivity contribution in [3.63, 3.8) is 0 Å². The number of hydrogen-bond acceptors (Lipinski definition) is 5. The van der Waals surface area contributed by atoms with E-state index in [0.717, 1.165) is 11.4 Å². The van der Waals surface area contributed by atoms with Crippen LogP contribution < -0.4 is 11.7 Å². The molecular weight excluding hydrogens is 178 g/mol. The van der Waals surface area contributed by atoms with E-state index in [0.29, 0.717) is 11.4 Å². The number of aromatic nitrogens is 1. The third-order valence-corrected chi connectivity index (χ3v) is 1.88. The Labute approximate surface area is 82.5 Å². The van der Waals surface area contributed by atoms with Crippen molar-refractivity contribution in [2.45, 2.75) is 13.8 Å². The zero-order chi connectivity index (χ0) is 10.6. The number of nitrogens with zero attached hydrogens (tertiary/aromatic N) is 3. The smallest absolute Gasteiger partial charge is 0.0867 e. The van der Waals surface area contributed by atoms with Gasteiger partial charge in [-0.25, -0.2) is 4.98 Å². The van der Waals surface area contributed by atoms with Crippen molar-refractivity contribution in [1.82, 2.24) is 4.98 Å². The molecule has 0 amide bonds. The first-order chi connectivity index (χ1) is 6.69. The Hall–Kier alpha value is -1.91. The SMILES string of the molecule is CC(=NN)c1cccc(C(C)=NN)n1. The molecule has 5 heteroatoms. The molecule has 1 aromatic rings. The minimum atomic E-state index is 0.677. The first-order valence-electron chi connectivity index (χ1n) is 4.15. The van der Waals surface area contributed by atoms with Crippen LogP contribution in [0.1, 0.15) is 25.2 Å². The lowest BCUT2D eigenvalue weighted by molar-refractivity contribution is 1.17. The molecule has 0 aromatic carbocycles. The van der Waals surface area contributed by atoms with Gasteiger partial charge in [0.05, 0.1) is 22.8 Å². The summed E-state index contributed by atoms with van der Waals surface area (Å²) in [6.45, 7) is 3.59. The van der Waals surface area contributed by atoms with Crippen LogP contribution in [0.3, 0.4) is 0 Å². The molecule has 0 saturated carbocycles. The van der Waals surface area contributed by atoms with E-state index >= 15 is 0 Å². The molecule has 0 unspecified atom stereocenters. The molecular formula is C9H13N5. The molecule has 5 nitrogen and oxygen atoms in total. The van der Waals surface area contributed by atoms with Crippen LogP contribution in [0.25, 0.3) is 0 Å². The molecule has 1 aromatic heterocycles. The zero-order valence-corrected chi connectivity index (χ0v) is 8.23. The summed E-state index contributed by atoms with van der Waals surface area (Å²) in [5, 5.41) is 7.14. The predicted molar refractivity (Wildman–Crippen MR) is 57.0 cm³/mol.